The number of nitrogens with zero attached hydrogens (tertiary/aromatic N) is 3. The summed E-state index contributed by atoms with van der Waals surface area (Å²) in [5.74, 6) is -0.276. The molecule has 0 bridgehead atoms. The summed E-state index contributed by atoms with van der Waals surface area (Å²) in [5.41, 5.74) is 0.863. The zero-order chi connectivity index (χ0) is 16.2. The largest absolute Gasteiger partial charge is 0.480 e. The van der Waals surface area contributed by atoms with Crippen molar-refractivity contribution < 1.29 is 19.1 Å². The molecular formula is C15H17N3O4S. The maximum Gasteiger partial charge on any atom is 0.326 e. The van der Waals surface area contributed by atoms with E-state index >= 15 is 0 Å². The minimum absolute atomic E-state index is 0.174. The number of hydrogen-bond acceptors (Lipinski definition) is 6. The van der Waals surface area contributed by atoms with Gasteiger partial charge in [-0.1, -0.05) is 0 Å². The van der Waals surface area contributed by atoms with Gasteiger partial charge in [-0.2, -0.15) is 11.3 Å². The Hall–Kier alpha value is -2.22. The van der Waals surface area contributed by atoms with E-state index < -0.39 is 12.0 Å². The second kappa shape index (κ2) is 6.91. The number of aliphatic carboxylic acids is 1. The van der Waals surface area contributed by atoms with E-state index in [1.165, 1.54) is 16.2 Å². The van der Waals surface area contributed by atoms with Crippen molar-refractivity contribution in [2.75, 3.05) is 6.54 Å². The van der Waals surface area contributed by atoms with Gasteiger partial charge in [0.2, 0.25) is 17.7 Å². The van der Waals surface area contributed by atoms with Crippen LogP contribution in [0.5, 0.6) is 0 Å². The highest BCUT2D eigenvalue weighted by Gasteiger charge is 2.31. The van der Waals surface area contributed by atoms with Crippen LogP contribution in [0.3, 0.4) is 0 Å². The van der Waals surface area contributed by atoms with Crippen LogP contribution in [0.15, 0.2) is 21.2 Å². The first kappa shape index (κ1) is 15.7. The van der Waals surface area contributed by atoms with Crippen LogP contribution in [0.4, 0.5) is 0 Å². The number of rotatable bonds is 5. The molecule has 2 aromatic heterocycles. The molecule has 0 aliphatic carbocycles. The molecule has 3 rings (SSSR count). The van der Waals surface area contributed by atoms with E-state index in [-0.39, 0.29) is 12.3 Å². The minimum Gasteiger partial charge on any atom is -0.480 e. The van der Waals surface area contributed by atoms with E-state index in [2.05, 4.69) is 10.2 Å². The van der Waals surface area contributed by atoms with Crippen LogP contribution in [0, 0.1) is 0 Å². The van der Waals surface area contributed by atoms with Crippen LogP contribution in [-0.4, -0.2) is 44.7 Å². The molecule has 0 spiro atoms. The van der Waals surface area contributed by atoms with E-state index in [9.17, 15) is 14.7 Å². The van der Waals surface area contributed by atoms with Crippen molar-refractivity contribution in [3.05, 3.63) is 22.7 Å². The molecule has 23 heavy (non-hydrogen) atoms. The highest BCUT2D eigenvalue weighted by atomic mass is 32.1. The fourth-order valence-electron chi connectivity index (χ4n) is 2.70. The fraction of sp³-hybridized carbons (Fsp3) is 0.467. The molecule has 7 nitrogen and oxygen atoms in total. The van der Waals surface area contributed by atoms with Crippen molar-refractivity contribution in [3.8, 4) is 11.5 Å². The van der Waals surface area contributed by atoms with Crippen LogP contribution in [0.25, 0.3) is 11.5 Å². The average molecular weight is 335 g/mol. The molecule has 1 aliphatic rings. The number of piperidine rings is 1. The molecule has 2 aromatic rings. The number of carbonyl (C=O) groups excluding carboxylic acids is 1. The van der Waals surface area contributed by atoms with Gasteiger partial charge in [0.25, 0.3) is 0 Å². The molecule has 1 aliphatic heterocycles. The Morgan fingerprint density at radius 2 is 2.26 bits per heavy atom. The summed E-state index contributed by atoms with van der Waals surface area (Å²) >= 11 is 1.54. The number of carboxylic acids is 1. The van der Waals surface area contributed by atoms with E-state index in [4.69, 9.17) is 4.42 Å². The number of aromatic nitrogens is 2. The molecule has 8 heteroatoms. The van der Waals surface area contributed by atoms with Crippen LogP contribution >= 0.6 is 11.3 Å². The van der Waals surface area contributed by atoms with Crippen molar-refractivity contribution >= 4 is 23.2 Å². The fourth-order valence-corrected chi connectivity index (χ4v) is 3.33. The number of carbonyl (C=O) groups is 2. The van der Waals surface area contributed by atoms with Crippen molar-refractivity contribution in [1.29, 1.82) is 0 Å². The summed E-state index contributed by atoms with van der Waals surface area (Å²) in [4.78, 5) is 25.0. The third kappa shape index (κ3) is 3.58. The molecule has 1 unspecified atom stereocenters. The van der Waals surface area contributed by atoms with Gasteiger partial charge in [-0.15, -0.1) is 10.2 Å². The van der Waals surface area contributed by atoms with E-state index in [0.29, 0.717) is 31.2 Å². The first-order chi connectivity index (χ1) is 11.1. The monoisotopic (exact) mass is 335 g/mol. The topological polar surface area (TPSA) is 96.5 Å². The molecule has 1 N–H and O–H groups in total. The first-order valence-electron chi connectivity index (χ1n) is 7.52. The third-order valence-electron chi connectivity index (χ3n) is 3.90. The van der Waals surface area contributed by atoms with E-state index in [1.807, 2.05) is 16.8 Å². The molecule has 1 amide bonds. The maximum absolute atomic E-state index is 12.3. The average Bonchev–Trinajstić information content (AvgIpc) is 3.23. The number of likely N-dealkylation sites (tertiary alicyclic amines) is 1. The Balaban J connectivity index is 1.59. The van der Waals surface area contributed by atoms with Gasteiger partial charge in [0.1, 0.15) is 6.04 Å². The number of aryl methyl sites for hydroxylation is 1. The second-order valence-corrected chi connectivity index (χ2v) is 6.23. The Bertz CT molecular complexity index is 683. The number of carboxylic acid groups (broad SMARTS) is 1. The van der Waals surface area contributed by atoms with E-state index in [0.717, 1.165) is 18.4 Å². The van der Waals surface area contributed by atoms with Crippen molar-refractivity contribution in [3.63, 3.8) is 0 Å². The van der Waals surface area contributed by atoms with Crippen LogP contribution < -0.4 is 0 Å². The third-order valence-corrected chi connectivity index (χ3v) is 4.58. The van der Waals surface area contributed by atoms with Crippen molar-refractivity contribution in [2.24, 2.45) is 0 Å². The molecule has 1 fully saturated rings. The summed E-state index contributed by atoms with van der Waals surface area (Å²) in [6.07, 6.45) is 2.70. The van der Waals surface area contributed by atoms with Crippen molar-refractivity contribution in [2.45, 2.75) is 38.1 Å². The molecule has 0 saturated carbocycles. The number of hydrogen-bond donors (Lipinski definition) is 1. The zero-order valence-corrected chi connectivity index (χ0v) is 13.3. The minimum atomic E-state index is -0.935. The van der Waals surface area contributed by atoms with Crippen molar-refractivity contribution in [1.82, 2.24) is 15.1 Å². The van der Waals surface area contributed by atoms with Gasteiger partial charge in [0.05, 0.1) is 0 Å². The van der Waals surface area contributed by atoms with Gasteiger partial charge < -0.3 is 14.4 Å². The predicted octanol–water partition coefficient (Wildman–Crippen LogP) is 2.20. The highest BCUT2D eigenvalue weighted by Crippen LogP contribution is 2.22. The molecule has 0 radical (unpaired) electrons. The molecule has 122 valence electrons. The lowest BCUT2D eigenvalue weighted by Crippen LogP contribution is -2.48. The number of thiophene rings is 1. The zero-order valence-electron chi connectivity index (χ0n) is 12.5. The number of amides is 1. The standard InChI is InChI=1S/C15H17N3O4S/c19-13(18-7-2-1-3-11(18)15(20)21)5-4-12-16-17-14(22-12)10-6-8-23-9-10/h6,8-9,11H,1-5,7H2,(H,20,21). The maximum atomic E-state index is 12.3. The highest BCUT2D eigenvalue weighted by molar-refractivity contribution is 7.08. The van der Waals surface area contributed by atoms with Gasteiger partial charge in [-0.05, 0) is 30.7 Å². The van der Waals surface area contributed by atoms with Gasteiger partial charge in [-0.25, -0.2) is 4.79 Å². The molecule has 3 heterocycles. The lowest BCUT2D eigenvalue weighted by atomic mass is 10.0. The van der Waals surface area contributed by atoms with Gasteiger partial charge in [0.15, 0.2) is 0 Å². The van der Waals surface area contributed by atoms with Gasteiger partial charge in [-0.3, -0.25) is 4.79 Å². The van der Waals surface area contributed by atoms with Crippen LogP contribution in [-0.2, 0) is 16.0 Å². The SMILES string of the molecule is O=C(O)C1CCCCN1C(=O)CCc1nnc(-c2ccsc2)o1. The Morgan fingerprint density at radius 3 is 3.00 bits per heavy atom. The van der Waals surface area contributed by atoms with Gasteiger partial charge >= 0.3 is 5.97 Å². The first-order valence-corrected chi connectivity index (χ1v) is 8.46. The summed E-state index contributed by atoms with van der Waals surface area (Å²) in [5, 5.41) is 21.0. The molecule has 0 aromatic carbocycles. The predicted molar refractivity (Wildman–Crippen MR) is 82.9 cm³/mol. The lowest BCUT2D eigenvalue weighted by Gasteiger charge is -2.32. The van der Waals surface area contributed by atoms with Crippen LogP contribution in [0.2, 0.25) is 0 Å². The molecule has 1 atom stereocenters. The summed E-state index contributed by atoms with van der Waals surface area (Å²) in [7, 11) is 0. The Kier molecular flexibility index (Phi) is 4.71. The van der Waals surface area contributed by atoms with Crippen LogP contribution in [0.1, 0.15) is 31.6 Å². The summed E-state index contributed by atoms with van der Waals surface area (Å²) < 4.78 is 5.54. The second-order valence-electron chi connectivity index (χ2n) is 5.45. The Morgan fingerprint density at radius 1 is 1.39 bits per heavy atom. The lowest BCUT2D eigenvalue weighted by molar-refractivity contribution is -0.152. The normalized spacial score (nSPS) is 18.1. The quantitative estimate of drug-likeness (QED) is 0.900. The summed E-state index contributed by atoms with van der Waals surface area (Å²) in [6, 6.07) is 1.18. The smallest absolute Gasteiger partial charge is 0.326 e. The van der Waals surface area contributed by atoms with Gasteiger partial charge in [0, 0.05) is 30.3 Å². The molecule has 1 saturated heterocycles. The molecular weight excluding hydrogens is 318 g/mol. The summed E-state index contributed by atoms with van der Waals surface area (Å²) in [6.45, 7) is 0.500. The van der Waals surface area contributed by atoms with E-state index in [1.54, 1.807) is 0 Å². The Labute approximate surface area is 136 Å².